The van der Waals surface area contributed by atoms with Gasteiger partial charge in [-0.25, -0.2) is 13.1 Å². The van der Waals surface area contributed by atoms with Crippen molar-refractivity contribution in [2.24, 2.45) is 0 Å². The summed E-state index contributed by atoms with van der Waals surface area (Å²) >= 11 is 0. The smallest absolute Gasteiger partial charge is 0.243 e. The van der Waals surface area contributed by atoms with Crippen molar-refractivity contribution < 1.29 is 17.9 Å². The lowest BCUT2D eigenvalue weighted by molar-refractivity contribution is -0.114. The second-order valence-electron chi connectivity index (χ2n) is 5.29. The fourth-order valence-corrected chi connectivity index (χ4v) is 3.24. The van der Waals surface area contributed by atoms with Gasteiger partial charge in [0.15, 0.2) is 0 Å². The molecule has 0 aliphatic rings. The fraction of sp³-hybridized carbons (Fsp3) is 0.235. The maximum atomic E-state index is 12.1. The predicted molar refractivity (Wildman–Crippen MR) is 97.5 cm³/mol. The lowest BCUT2D eigenvalue weighted by Crippen LogP contribution is -2.23. The standard InChI is InChI=1S/C17H21N3O4S/c1-12-8-9-13(10-16(12)25(22,23)18-2)20-17(21)11-19-14-6-4-5-7-15(14)24-3/h4-10,18-19H,11H2,1-3H3,(H,20,21). The van der Waals surface area contributed by atoms with Crippen LogP contribution in [0.5, 0.6) is 5.75 Å². The molecule has 0 aliphatic carbocycles. The minimum atomic E-state index is -3.58. The van der Waals surface area contributed by atoms with Crippen LogP contribution in [0.2, 0.25) is 0 Å². The number of benzene rings is 2. The summed E-state index contributed by atoms with van der Waals surface area (Å²) in [5.41, 5.74) is 1.70. The number of carbonyl (C=O) groups excluding carboxylic acids is 1. The molecule has 1 amide bonds. The molecular formula is C17H21N3O4S. The number of anilines is 2. The zero-order valence-electron chi connectivity index (χ0n) is 14.3. The van der Waals surface area contributed by atoms with Gasteiger partial charge in [0.25, 0.3) is 0 Å². The van der Waals surface area contributed by atoms with E-state index >= 15 is 0 Å². The van der Waals surface area contributed by atoms with Gasteiger partial charge in [0.05, 0.1) is 24.2 Å². The summed E-state index contributed by atoms with van der Waals surface area (Å²) in [5.74, 6) is 0.329. The second-order valence-corrected chi connectivity index (χ2v) is 7.14. The van der Waals surface area contributed by atoms with Crippen LogP contribution in [0.25, 0.3) is 0 Å². The lowest BCUT2D eigenvalue weighted by Gasteiger charge is -2.12. The highest BCUT2D eigenvalue weighted by Gasteiger charge is 2.15. The van der Waals surface area contributed by atoms with E-state index < -0.39 is 10.0 Å². The Bertz CT molecular complexity index is 866. The molecule has 0 unspecified atom stereocenters. The minimum absolute atomic E-state index is 0.0162. The van der Waals surface area contributed by atoms with E-state index in [0.29, 0.717) is 22.7 Å². The maximum absolute atomic E-state index is 12.1. The Kier molecular flexibility index (Phi) is 6.00. The van der Waals surface area contributed by atoms with Crippen molar-refractivity contribution >= 4 is 27.3 Å². The summed E-state index contributed by atoms with van der Waals surface area (Å²) in [5, 5.41) is 5.66. The Hall–Kier alpha value is -2.58. The molecule has 0 aromatic heterocycles. The van der Waals surface area contributed by atoms with Crippen LogP contribution in [0.3, 0.4) is 0 Å². The summed E-state index contributed by atoms with van der Waals surface area (Å²) in [4.78, 5) is 12.3. The van der Waals surface area contributed by atoms with Crippen molar-refractivity contribution in [1.82, 2.24) is 4.72 Å². The highest BCUT2D eigenvalue weighted by molar-refractivity contribution is 7.89. The van der Waals surface area contributed by atoms with Gasteiger partial charge in [0.2, 0.25) is 15.9 Å². The van der Waals surface area contributed by atoms with Crippen LogP contribution < -0.4 is 20.1 Å². The number of nitrogens with one attached hydrogen (secondary N) is 3. The maximum Gasteiger partial charge on any atom is 0.243 e. The van der Waals surface area contributed by atoms with Crippen molar-refractivity contribution in [3.05, 3.63) is 48.0 Å². The number of para-hydroxylation sites is 2. The lowest BCUT2D eigenvalue weighted by atomic mass is 10.2. The van der Waals surface area contributed by atoms with Crippen LogP contribution in [-0.4, -0.2) is 35.0 Å². The molecule has 0 atom stereocenters. The zero-order valence-corrected chi connectivity index (χ0v) is 15.1. The third-order valence-corrected chi connectivity index (χ3v) is 5.13. The second kappa shape index (κ2) is 8.00. The summed E-state index contributed by atoms with van der Waals surface area (Å²) in [7, 11) is -0.688. The number of methoxy groups -OCH3 is 1. The number of amides is 1. The van der Waals surface area contributed by atoms with Crippen molar-refractivity contribution in [2.75, 3.05) is 31.3 Å². The molecule has 0 fully saturated rings. The predicted octanol–water partition coefficient (Wildman–Crippen LogP) is 1.96. The Morgan fingerprint density at radius 3 is 2.56 bits per heavy atom. The van der Waals surface area contributed by atoms with Gasteiger partial charge in [-0.05, 0) is 43.8 Å². The molecule has 3 N–H and O–H groups in total. The Labute approximate surface area is 147 Å². The minimum Gasteiger partial charge on any atom is -0.495 e. The van der Waals surface area contributed by atoms with E-state index in [0.717, 1.165) is 0 Å². The number of aryl methyl sites for hydroxylation is 1. The normalized spacial score (nSPS) is 11.0. The van der Waals surface area contributed by atoms with Gasteiger partial charge in [-0.3, -0.25) is 4.79 Å². The molecule has 0 saturated carbocycles. The number of rotatable bonds is 7. The van der Waals surface area contributed by atoms with Gasteiger partial charge in [-0.2, -0.15) is 0 Å². The Balaban J connectivity index is 2.07. The molecule has 0 spiro atoms. The van der Waals surface area contributed by atoms with Crippen LogP contribution in [-0.2, 0) is 14.8 Å². The van der Waals surface area contributed by atoms with Crippen LogP contribution in [0, 0.1) is 6.92 Å². The van der Waals surface area contributed by atoms with Crippen LogP contribution in [0.1, 0.15) is 5.56 Å². The first-order valence-corrected chi connectivity index (χ1v) is 9.06. The molecule has 0 radical (unpaired) electrons. The van der Waals surface area contributed by atoms with Crippen LogP contribution in [0.4, 0.5) is 11.4 Å². The molecular weight excluding hydrogens is 342 g/mol. The van der Waals surface area contributed by atoms with E-state index in [-0.39, 0.29) is 17.3 Å². The van der Waals surface area contributed by atoms with Gasteiger partial charge >= 0.3 is 0 Å². The average molecular weight is 363 g/mol. The van der Waals surface area contributed by atoms with Gasteiger partial charge in [-0.1, -0.05) is 18.2 Å². The molecule has 0 heterocycles. The van der Waals surface area contributed by atoms with Crippen molar-refractivity contribution in [1.29, 1.82) is 0 Å². The molecule has 2 rings (SSSR count). The van der Waals surface area contributed by atoms with Crippen LogP contribution >= 0.6 is 0 Å². The number of hydrogen-bond acceptors (Lipinski definition) is 5. The van der Waals surface area contributed by atoms with Gasteiger partial charge in [0, 0.05) is 5.69 Å². The Morgan fingerprint density at radius 2 is 1.88 bits per heavy atom. The van der Waals surface area contributed by atoms with E-state index in [2.05, 4.69) is 15.4 Å². The first-order valence-electron chi connectivity index (χ1n) is 7.58. The van der Waals surface area contributed by atoms with Crippen LogP contribution in [0.15, 0.2) is 47.4 Å². The largest absolute Gasteiger partial charge is 0.495 e. The summed E-state index contributed by atoms with van der Waals surface area (Å²) in [6.45, 7) is 1.71. The van der Waals surface area contributed by atoms with Gasteiger partial charge < -0.3 is 15.4 Å². The first kappa shape index (κ1) is 18.8. The number of hydrogen-bond donors (Lipinski definition) is 3. The number of carbonyl (C=O) groups is 1. The summed E-state index contributed by atoms with van der Waals surface area (Å²) < 4.78 is 31.5. The SMILES string of the molecule is CNS(=O)(=O)c1cc(NC(=O)CNc2ccccc2OC)ccc1C. The average Bonchev–Trinajstić information content (AvgIpc) is 2.61. The summed E-state index contributed by atoms with van der Waals surface area (Å²) in [6.07, 6.45) is 0. The topological polar surface area (TPSA) is 96.5 Å². The molecule has 2 aromatic rings. The summed E-state index contributed by atoms with van der Waals surface area (Å²) in [6, 6.07) is 12.0. The fourth-order valence-electron chi connectivity index (χ4n) is 2.25. The van der Waals surface area contributed by atoms with E-state index in [1.54, 1.807) is 38.3 Å². The molecule has 2 aromatic carbocycles. The van der Waals surface area contributed by atoms with E-state index in [1.807, 2.05) is 12.1 Å². The van der Waals surface area contributed by atoms with E-state index in [1.165, 1.54) is 13.1 Å². The highest BCUT2D eigenvalue weighted by Crippen LogP contribution is 2.23. The highest BCUT2D eigenvalue weighted by atomic mass is 32.2. The van der Waals surface area contributed by atoms with E-state index in [4.69, 9.17) is 4.74 Å². The molecule has 0 aliphatic heterocycles. The monoisotopic (exact) mass is 363 g/mol. The molecule has 0 saturated heterocycles. The first-order chi connectivity index (χ1) is 11.9. The molecule has 134 valence electrons. The Morgan fingerprint density at radius 1 is 1.16 bits per heavy atom. The molecule has 7 nitrogen and oxygen atoms in total. The van der Waals surface area contributed by atoms with Crippen molar-refractivity contribution in [2.45, 2.75) is 11.8 Å². The van der Waals surface area contributed by atoms with Gasteiger partial charge in [-0.15, -0.1) is 0 Å². The van der Waals surface area contributed by atoms with E-state index in [9.17, 15) is 13.2 Å². The zero-order chi connectivity index (χ0) is 18.4. The third kappa shape index (κ3) is 4.71. The number of ether oxygens (including phenoxy) is 1. The van der Waals surface area contributed by atoms with Crippen molar-refractivity contribution in [3.63, 3.8) is 0 Å². The molecule has 0 bridgehead atoms. The third-order valence-electron chi connectivity index (χ3n) is 3.58. The molecule has 25 heavy (non-hydrogen) atoms. The number of sulfonamides is 1. The molecule has 8 heteroatoms. The van der Waals surface area contributed by atoms with Gasteiger partial charge in [0.1, 0.15) is 5.75 Å². The quantitative estimate of drug-likeness (QED) is 0.699. The van der Waals surface area contributed by atoms with Crippen molar-refractivity contribution in [3.8, 4) is 5.75 Å².